The molecule has 3 nitrogen and oxygen atoms in total. The summed E-state index contributed by atoms with van der Waals surface area (Å²) < 4.78 is 31.0. The van der Waals surface area contributed by atoms with Gasteiger partial charge in [-0.3, -0.25) is 4.79 Å². The SMILES string of the molecule is O=C(Cc1ccc(F)cc1F)NCc1ccco1. The lowest BCUT2D eigenvalue weighted by Gasteiger charge is -2.04. The average Bonchev–Trinajstić information content (AvgIpc) is 2.83. The summed E-state index contributed by atoms with van der Waals surface area (Å²) >= 11 is 0. The molecule has 0 radical (unpaired) electrons. The van der Waals surface area contributed by atoms with Gasteiger partial charge >= 0.3 is 0 Å². The molecule has 2 aromatic rings. The Morgan fingerprint density at radius 2 is 2.11 bits per heavy atom. The summed E-state index contributed by atoms with van der Waals surface area (Å²) in [7, 11) is 0. The highest BCUT2D eigenvalue weighted by molar-refractivity contribution is 5.78. The molecule has 1 amide bonds. The maximum absolute atomic E-state index is 13.3. The van der Waals surface area contributed by atoms with Crippen molar-refractivity contribution in [3.63, 3.8) is 0 Å². The van der Waals surface area contributed by atoms with Gasteiger partial charge in [0.2, 0.25) is 5.91 Å². The second-order valence-electron chi connectivity index (χ2n) is 3.77. The molecule has 0 saturated carbocycles. The molecule has 1 N–H and O–H groups in total. The van der Waals surface area contributed by atoms with Crippen molar-refractivity contribution in [2.75, 3.05) is 0 Å². The van der Waals surface area contributed by atoms with Crippen LogP contribution in [0.1, 0.15) is 11.3 Å². The summed E-state index contributed by atoms with van der Waals surface area (Å²) in [5.41, 5.74) is 0.161. The first-order valence-electron chi connectivity index (χ1n) is 5.38. The van der Waals surface area contributed by atoms with E-state index in [-0.39, 0.29) is 24.4 Å². The number of amides is 1. The second-order valence-corrected chi connectivity index (χ2v) is 3.77. The van der Waals surface area contributed by atoms with E-state index in [2.05, 4.69) is 5.32 Å². The Morgan fingerprint density at radius 1 is 1.28 bits per heavy atom. The minimum Gasteiger partial charge on any atom is -0.467 e. The van der Waals surface area contributed by atoms with Crippen molar-refractivity contribution in [3.8, 4) is 0 Å². The van der Waals surface area contributed by atoms with Crippen LogP contribution >= 0.6 is 0 Å². The number of nitrogens with one attached hydrogen (secondary N) is 1. The van der Waals surface area contributed by atoms with E-state index in [9.17, 15) is 13.6 Å². The zero-order chi connectivity index (χ0) is 13.0. The van der Waals surface area contributed by atoms with Crippen LogP contribution in [-0.2, 0) is 17.8 Å². The maximum Gasteiger partial charge on any atom is 0.224 e. The molecule has 1 aromatic carbocycles. The highest BCUT2D eigenvalue weighted by Crippen LogP contribution is 2.10. The Hall–Kier alpha value is -2.17. The molecule has 0 aliphatic heterocycles. The van der Waals surface area contributed by atoms with E-state index in [1.807, 2.05) is 0 Å². The van der Waals surface area contributed by atoms with E-state index in [0.29, 0.717) is 5.76 Å². The largest absolute Gasteiger partial charge is 0.467 e. The molecular weight excluding hydrogens is 240 g/mol. The quantitative estimate of drug-likeness (QED) is 0.906. The first-order valence-corrected chi connectivity index (χ1v) is 5.38. The Bertz CT molecular complexity index is 538. The number of carbonyl (C=O) groups is 1. The van der Waals surface area contributed by atoms with Gasteiger partial charge in [-0.25, -0.2) is 8.78 Å². The Kier molecular flexibility index (Phi) is 3.72. The lowest BCUT2D eigenvalue weighted by atomic mass is 10.1. The van der Waals surface area contributed by atoms with Crippen LogP contribution in [-0.4, -0.2) is 5.91 Å². The molecule has 2 rings (SSSR count). The van der Waals surface area contributed by atoms with Crippen molar-refractivity contribution in [2.45, 2.75) is 13.0 Å². The number of rotatable bonds is 4. The van der Waals surface area contributed by atoms with Crippen molar-refractivity contribution >= 4 is 5.91 Å². The summed E-state index contributed by atoms with van der Waals surface area (Å²) in [6.07, 6.45) is 1.37. The van der Waals surface area contributed by atoms with Crippen LogP contribution in [0.5, 0.6) is 0 Å². The summed E-state index contributed by atoms with van der Waals surface area (Å²) in [4.78, 5) is 11.5. The molecule has 0 fully saturated rings. The van der Waals surface area contributed by atoms with E-state index < -0.39 is 11.6 Å². The van der Waals surface area contributed by atoms with E-state index in [0.717, 1.165) is 12.1 Å². The van der Waals surface area contributed by atoms with Crippen LogP contribution in [0, 0.1) is 11.6 Å². The van der Waals surface area contributed by atoms with Gasteiger partial charge in [-0.05, 0) is 23.8 Å². The molecule has 0 aliphatic rings. The molecule has 1 heterocycles. The van der Waals surface area contributed by atoms with Crippen LogP contribution in [0.4, 0.5) is 8.78 Å². The molecule has 0 bridgehead atoms. The van der Waals surface area contributed by atoms with Crippen LogP contribution in [0.3, 0.4) is 0 Å². The van der Waals surface area contributed by atoms with Crippen molar-refractivity contribution < 1.29 is 18.0 Å². The van der Waals surface area contributed by atoms with Gasteiger partial charge in [0, 0.05) is 6.07 Å². The molecule has 0 unspecified atom stereocenters. The van der Waals surface area contributed by atoms with Crippen molar-refractivity contribution in [2.24, 2.45) is 0 Å². The maximum atomic E-state index is 13.3. The van der Waals surface area contributed by atoms with Gasteiger partial charge in [-0.15, -0.1) is 0 Å². The molecule has 0 spiro atoms. The first kappa shape index (κ1) is 12.3. The fourth-order valence-electron chi connectivity index (χ4n) is 1.50. The molecule has 18 heavy (non-hydrogen) atoms. The monoisotopic (exact) mass is 251 g/mol. The van der Waals surface area contributed by atoms with Gasteiger partial charge in [0.25, 0.3) is 0 Å². The van der Waals surface area contributed by atoms with Gasteiger partial charge in [-0.2, -0.15) is 0 Å². The minimum absolute atomic E-state index is 0.132. The van der Waals surface area contributed by atoms with Gasteiger partial charge in [0.15, 0.2) is 0 Å². The van der Waals surface area contributed by atoms with E-state index in [1.165, 1.54) is 12.3 Å². The number of furan rings is 1. The van der Waals surface area contributed by atoms with Crippen LogP contribution in [0.15, 0.2) is 41.0 Å². The van der Waals surface area contributed by atoms with Crippen molar-refractivity contribution in [1.29, 1.82) is 0 Å². The number of hydrogen-bond acceptors (Lipinski definition) is 2. The third kappa shape index (κ3) is 3.16. The molecule has 1 aromatic heterocycles. The number of halogens is 2. The second kappa shape index (κ2) is 5.44. The first-order chi connectivity index (χ1) is 8.65. The Morgan fingerprint density at radius 3 is 2.78 bits per heavy atom. The average molecular weight is 251 g/mol. The predicted octanol–water partition coefficient (Wildman–Crippen LogP) is 2.42. The molecule has 5 heteroatoms. The van der Waals surface area contributed by atoms with Gasteiger partial charge < -0.3 is 9.73 Å². The number of carbonyl (C=O) groups excluding carboxylic acids is 1. The van der Waals surface area contributed by atoms with E-state index in [1.54, 1.807) is 12.1 Å². The fourth-order valence-corrected chi connectivity index (χ4v) is 1.50. The smallest absolute Gasteiger partial charge is 0.224 e. The van der Waals surface area contributed by atoms with E-state index >= 15 is 0 Å². The zero-order valence-corrected chi connectivity index (χ0v) is 9.45. The summed E-state index contributed by atoms with van der Waals surface area (Å²) in [5.74, 6) is -1.12. The summed E-state index contributed by atoms with van der Waals surface area (Å²) in [6, 6.07) is 6.57. The molecule has 0 saturated heterocycles. The zero-order valence-electron chi connectivity index (χ0n) is 9.45. The standard InChI is InChI=1S/C13H11F2NO2/c14-10-4-3-9(12(15)7-10)6-13(17)16-8-11-2-1-5-18-11/h1-5,7H,6,8H2,(H,16,17). The van der Waals surface area contributed by atoms with Crippen LogP contribution in [0.2, 0.25) is 0 Å². The third-order valence-electron chi connectivity index (χ3n) is 2.41. The summed E-state index contributed by atoms with van der Waals surface area (Å²) in [5, 5.41) is 2.58. The highest BCUT2D eigenvalue weighted by atomic mass is 19.1. The lowest BCUT2D eigenvalue weighted by Crippen LogP contribution is -2.24. The molecule has 0 aliphatic carbocycles. The van der Waals surface area contributed by atoms with Gasteiger partial charge in [0.05, 0.1) is 19.2 Å². The van der Waals surface area contributed by atoms with Crippen LogP contribution in [0.25, 0.3) is 0 Å². The topological polar surface area (TPSA) is 42.2 Å². The number of hydrogen-bond donors (Lipinski definition) is 1. The molecule has 0 atom stereocenters. The third-order valence-corrected chi connectivity index (χ3v) is 2.41. The Balaban J connectivity index is 1.91. The molecular formula is C13H11F2NO2. The minimum atomic E-state index is -0.719. The predicted molar refractivity (Wildman–Crippen MR) is 60.6 cm³/mol. The van der Waals surface area contributed by atoms with Crippen LogP contribution < -0.4 is 5.32 Å². The lowest BCUT2D eigenvalue weighted by molar-refractivity contribution is -0.120. The van der Waals surface area contributed by atoms with Crippen molar-refractivity contribution in [3.05, 3.63) is 59.6 Å². The Labute approximate surface area is 102 Å². The number of benzene rings is 1. The summed E-state index contributed by atoms with van der Waals surface area (Å²) in [6.45, 7) is 0.245. The van der Waals surface area contributed by atoms with Gasteiger partial charge in [0.1, 0.15) is 17.4 Å². The van der Waals surface area contributed by atoms with Gasteiger partial charge in [-0.1, -0.05) is 6.07 Å². The normalized spacial score (nSPS) is 10.3. The highest BCUT2D eigenvalue weighted by Gasteiger charge is 2.09. The molecule has 94 valence electrons. The fraction of sp³-hybridized carbons (Fsp3) is 0.154. The van der Waals surface area contributed by atoms with Crippen molar-refractivity contribution in [1.82, 2.24) is 5.32 Å². The van der Waals surface area contributed by atoms with E-state index in [4.69, 9.17) is 4.42 Å².